The van der Waals surface area contributed by atoms with Crippen LogP contribution in [0.5, 0.6) is 0 Å². The van der Waals surface area contributed by atoms with Gasteiger partial charge in [0.1, 0.15) is 6.17 Å². The second kappa shape index (κ2) is 5.95. The number of hydrogen-bond acceptors (Lipinski definition) is 4. The second-order valence-corrected chi connectivity index (χ2v) is 6.69. The Morgan fingerprint density at radius 2 is 1.67 bits per heavy atom. The van der Waals surface area contributed by atoms with Gasteiger partial charge in [0.05, 0.1) is 11.5 Å². The van der Waals surface area contributed by atoms with Crippen LogP contribution in [-0.4, -0.2) is 25.4 Å². The lowest BCUT2D eigenvalue weighted by Crippen LogP contribution is -2.25. The molecule has 0 radical (unpaired) electrons. The molecule has 2 aromatic carbocycles. The van der Waals surface area contributed by atoms with Gasteiger partial charge in [-0.05, 0) is 17.7 Å². The third-order valence-corrected chi connectivity index (χ3v) is 5.11. The Morgan fingerprint density at radius 1 is 1.05 bits per heavy atom. The average molecular weight is 304 g/mol. The molecule has 6 heteroatoms. The molecule has 2 aromatic rings. The largest absolute Gasteiger partial charge is 0.295 e. The summed E-state index contributed by atoms with van der Waals surface area (Å²) in [6, 6.07) is 18.1. The van der Waals surface area contributed by atoms with Gasteiger partial charge in [-0.1, -0.05) is 48.5 Å². The molecule has 0 spiro atoms. The highest BCUT2D eigenvalue weighted by atomic mass is 32.2. The lowest BCUT2D eigenvalue weighted by atomic mass is 10.2. The molecule has 1 unspecified atom stereocenters. The quantitative estimate of drug-likeness (QED) is 0.652. The monoisotopic (exact) mass is 304 g/mol. The summed E-state index contributed by atoms with van der Waals surface area (Å²) in [6.45, 7) is 0.822. The van der Waals surface area contributed by atoms with Crippen molar-refractivity contribution in [2.45, 2.75) is 17.7 Å². The van der Waals surface area contributed by atoms with Crippen LogP contribution >= 0.6 is 0 Å². The summed E-state index contributed by atoms with van der Waals surface area (Å²) in [4.78, 5) is 5.65. The predicted octanol–water partition coefficient (Wildman–Crippen LogP) is 1.74. The molecule has 5 nitrogen and oxygen atoms in total. The van der Waals surface area contributed by atoms with Crippen LogP contribution in [0.25, 0.3) is 0 Å². The third kappa shape index (κ3) is 3.30. The van der Waals surface area contributed by atoms with E-state index >= 15 is 0 Å². The van der Waals surface area contributed by atoms with Gasteiger partial charge in [-0.25, -0.2) is 8.42 Å². The van der Waals surface area contributed by atoms with E-state index in [0.717, 1.165) is 5.56 Å². The molecule has 2 atom stereocenters. The molecule has 0 bridgehead atoms. The van der Waals surface area contributed by atoms with Gasteiger partial charge in [0.15, 0.2) is 0 Å². The molecule has 0 aliphatic carbocycles. The molecule has 21 heavy (non-hydrogen) atoms. The van der Waals surface area contributed by atoms with Crippen LogP contribution in [0, 0.1) is 0 Å². The molecule has 1 N–H and O–H groups in total. The van der Waals surface area contributed by atoms with E-state index in [1.807, 2.05) is 30.3 Å². The van der Waals surface area contributed by atoms with Gasteiger partial charge in [-0.3, -0.25) is 4.84 Å². The van der Waals surface area contributed by atoms with Gasteiger partial charge in [0.25, 0.3) is 0 Å². The fraction of sp³-hybridized carbons (Fsp3) is 0.200. The number of sulfonamides is 1. The summed E-state index contributed by atoms with van der Waals surface area (Å²) >= 11 is 0. The van der Waals surface area contributed by atoms with Crippen molar-refractivity contribution in [2.24, 2.45) is 0 Å². The molecule has 110 valence electrons. The molecular formula is C15H16N2O3S. The van der Waals surface area contributed by atoms with Gasteiger partial charge in [-0.15, -0.1) is 0 Å². The Balaban J connectivity index is 1.53. The zero-order valence-electron chi connectivity index (χ0n) is 11.3. The SMILES string of the molecule is O=S(=O)(c1ccccc1)N1C[C@@H]1NOCc1ccccc1. The normalized spacial score (nSPS) is 21.1. The maximum atomic E-state index is 12.3. The number of nitrogens with zero attached hydrogens (tertiary/aromatic N) is 1. The summed E-state index contributed by atoms with van der Waals surface area (Å²) in [5.74, 6) is 0. The molecule has 1 aliphatic rings. The topological polar surface area (TPSA) is 58.4 Å². The zero-order chi connectivity index (χ0) is 14.7. The molecule has 3 rings (SSSR count). The second-order valence-electron chi connectivity index (χ2n) is 4.80. The number of nitrogens with one attached hydrogen (secondary N) is 1. The maximum absolute atomic E-state index is 12.3. The number of hydrogen-bond donors (Lipinski definition) is 1. The van der Waals surface area contributed by atoms with E-state index in [1.54, 1.807) is 30.3 Å². The van der Waals surface area contributed by atoms with Crippen LogP contribution in [0.4, 0.5) is 0 Å². The summed E-state index contributed by atoms with van der Waals surface area (Å²) in [5.41, 5.74) is 3.81. The van der Waals surface area contributed by atoms with Crippen molar-refractivity contribution in [1.82, 2.24) is 9.79 Å². The van der Waals surface area contributed by atoms with Crippen molar-refractivity contribution in [1.29, 1.82) is 0 Å². The van der Waals surface area contributed by atoms with E-state index in [0.29, 0.717) is 18.0 Å². The Kier molecular flexibility index (Phi) is 4.03. The lowest BCUT2D eigenvalue weighted by Gasteiger charge is -2.08. The molecule has 0 aromatic heterocycles. The summed E-state index contributed by atoms with van der Waals surface area (Å²) in [5, 5.41) is 0. The molecule has 1 fully saturated rings. The number of rotatable bonds is 6. The van der Waals surface area contributed by atoms with Gasteiger partial charge in [0, 0.05) is 6.54 Å². The van der Waals surface area contributed by atoms with Crippen molar-refractivity contribution < 1.29 is 13.3 Å². The predicted molar refractivity (Wildman–Crippen MR) is 78.5 cm³/mol. The Bertz CT molecular complexity index is 689. The summed E-state index contributed by atoms with van der Waals surface area (Å²) in [7, 11) is -3.42. The third-order valence-electron chi connectivity index (χ3n) is 3.22. The highest BCUT2D eigenvalue weighted by molar-refractivity contribution is 7.89. The minimum Gasteiger partial charge on any atom is -0.295 e. The van der Waals surface area contributed by atoms with Gasteiger partial charge in [-0.2, -0.15) is 9.79 Å². The molecule has 1 saturated heterocycles. The molecule has 1 aliphatic heterocycles. The highest BCUT2D eigenvalue weighted by Crippen LogP contribution is 2.26. The molecule has 0 saturated carbocycles. The first-order chi connectivity index (χ1) is 10.2. The summed E-state index contributed by atoms with van der Waals surface area (Å²) < 4.78 is 25.9. The van der Waals surface area contributed by atoms with E-state index in [1.165, 1.54) is 4.31 Å². The first kappa shape index (κ1) is 14.2. The Labute approximate surface area is 124 Å². The molecular weight excluding hydrogens is 288 g/mol. The van der Waals surface area contributed by atoms with Gasteiger partial charge >= 0.3 is 0 Å². The maximum Gasteiger partial charge on any atom is 0.244 e. The van der Waals surface area contributed by atoms with Crippen molar-refractivity contribution in [3.8, 4) is 0 Å². The van der Waals surface area contributed by atoms with E-state index in [2.05, 4.69) is 5.48 Å². The van der Waals surface area contributed by atoms with Crippen LogP contribution < -0.4 is 5.48 Å². The lowest BCUT2D eigenvalue weighted by molar-refractivity contribution is 0.0181. The van der Waals surface area contributed by atoms with Crippen molar-refractivity contribution in [3.05, 3.63) is 66.2 Å². The highest BCUT2D eigenvalue weighted by Gasteiger charge is 2.44. The Morgan fingerprint density at radius 3 is 2.33 bits per heavy atom. The van der Waals surface area contributed by atoms with E-state index < -0.39 is 10.0 Å². The van der Waals surface area contributed by atoms with Gasteiger partial charge in [0.2, 0.25) is 10.0 Å². The standard InChI is InChI=1S/C15H16N2O3S/c18-21(19,14-9-5-2-6-10-14)17-11-15(17)16-20-12-13-7-3-1-4-8-13/h1-10,15-16H,11-12H2/t15-,17?/m1/s1. The van der Waals surface area contributed by atoms with Crippen molar-refractivity contribution in [2.75, 3.05) is 6.54 Å². The van der Waals surface area contributed by atoms with Crippen LogP contribution in [-0.2, 0) is 21.5 Å². The van der Waals surface area contributed by atoms with Crippen LogP contribution in [0.3, 0.4) is 0 Å². The first-order valence-corrected chi connectivity index (χ1v) is 8.10. The van der Waals surface area contributed by atoms with Crippen LogP contribution in [0.2, 0.25) is 0 Å². The minimum atomic E-state index is -3.42. The van der Waals surface area contributed by atoms with Crippen molar-refractivity contribution >= 4 is 10.0 Å². The van der Waals surface area contributed by atoms with Gasteiger partial charge < -0.3 is 0 Å². The van der Waals surface area contributed by atoms with Crippen molar-refractivity contribution in [3.63, 3.8) is 0 Å². The number of hydroxylamine groups is 1. The van der Waals surface area contributed by atoms with Crippen LogP contribution in [0.15, 0.2) is 65.6 Å². The van der Waals surface area contributed by atoms with Crippen LogP contribution in [0.1, 0.15) is 5.56 Å². The Hall–Kier alpha value is -1.73. The number of benzene rings is 2. The zero-order valence-corrected chi connectivity index (χ0v) is 12.2. The van der Waals surface area contributed by atoms with E-state index in [9.17, 15) is 8.42 Å². The molecule has 0 amide bonds. The van der Waals surface area contributed by atoms with E-state index in [4.69, 9.17) is 4.84 Å². The smallest absolute Gasteiger partial charge is 0.244 e. The minimum absolute atomic E-state index is 0.293. The fourth-order valence-corrected chi connectivity index (χ4v) is 3.50. The molecule has 1 heterocycles. The first-order valence-electron chi connectivity index (χ1n) is 6.66. The average Bonchev–Trinajstić information content (AvgIpc) is 3.30. The summed E-state index contributed by atoms with van der Waals surface area (Å²) in [6.07, 6.45) is -0.293. The van der Waals surface area contributed by atoms with E-state index in [-0.39, 0.29) is 6.17 Å². The fourth-order valence-electron chi connectivity index (χ4n) is 2.01.